The van der Waals surface area contributed by atoms with Crippen LogP contribution >= 0.6 is 0 Å². The van der Waals surface area contributed by atoms with Crippen LogP contribution in [0, 0.1) is 0 Å². The quantitative estimate of drug-likeness (QED) is 0.551. The molecule has 11 heteroatoms. The van der Waals surface area contributed by atoms with E-state index in [1.54, 1.807) is 6.07 Å². The van der Waals surface area contributed by atoms with E-state index in [-0.39, 0.29) is 12.1 Å². The van der Waals surface area contributed by atoms with Crippen molar-refractivity contribution in [2.45, 2.75) is 45.3 Å². The number of nitrogens with zero attached hydrogens (tertiary/aromatic N) is 2. The van der Waals surface area contributed by atoms with Crippen LogP contribution < -0.4 is 5.56 Å². The van der Waals surface area contributed by atoms with Gasteiger partial charge in [0.25, 0.3) is 5.56 Å². The molecule has 28 heavy (non-hydrogen) atoms. The van der Waals surface area contributed by atoms with Gasteiger partial charge in [0.15, 0.2) is 24.0 Å². The van der Waals surface area contributed by atoms with Gasteiger partial charge >= 0.3 is 17.9 Å². The van der Waals surface area contributed by atoms with Gasteiger partial charge in [0.05, 0.1) is 11.8 Å². The van der Waals surface area contributed by atoms with Crippen molar-refractivity contribution in [1.82, 2.24) is 14.5 Å². The van der Waals surface area contributed by atoms with E-state index >= 15 is 0 Å². The van der Waals surface area contributed by atoms with Crippen LogP contribution in [-0.2, 0) is 33.3 Å². The summed E-state index contributed by atoms with van der Waals surface area (Å²) in [4.78, 5) is 52.9. The zero-order valence-corrected chi connectivity index (χ0v) is 15.4. The number of ether oxygens (including phenoxy) is 4. The van der Waals surface area contributed by atoms with Gasteiger partial charge in [-0.25, -0.2) is 4.98 Å². The van der Waals surface area contributed by atoms with E-state index in [1.165, 1.54) is 37.9 Å². The molecule has 0 aromatic carbocycles. The molecule has 1 N–H and O–H groups in total. The molecular formula is C17H19N3O8. The summed E-state index contributed by atoms with van der Waals surface area (Å²) < 4.78 is 23.1. The van der Waals surface area contributed by atoms with Gasteiger partial charge < -0.3 is 23.9 Å². The second-order valence-electron chi connectivity index (χ2n) is 6.21. The average molecular weight is 393 g/mol. The van der Waals surface area contributed by atoms with Gasteiger partial charge in [-0.1, -0.05) is 0 Å². The van der Waals surface area contributed by atoms with E-state index in [9.17, 15) is 19.2 Å². The Kier molecular flexibility index (Phi) is 5.45. The van der Waals surface area contributed by atoms with Crippen molar-refractivity contribution >= 4 is 28.9 Å². The molecule has 0 aliphatic carbocycles. The van der Waals surface area contributed by atoms with Crippen molar-refractivity contribution in [3.63, 3.8) is 0 Å². The lowest BCUT2D eigenvalue weighted by Gasteiger charge is -2.23. The number of rotatable bonds is 5. The molecule has 1 aliphatic heterocycles. The second kappa shape index (κ2) is 7.80. The number of carbonyl (C=O) groups is 3. The summed E-state index contributed by atoms with van der Waals surface area (Å²) in [6.45, 7) is 3.42. The first-order chi connectivity index (χ1) is 13.3. The van der Waals surface area contributed by atoms with Crippen LogP contribution in [0.5, 0.6) is 0 Å². The minimum absolute atomic E-state index is 0.167. The van der Waals surface area contributed by atoms with Crippen LogP contribution in [0.1, 0.15) is 27.0 Å². The highest BCUT2D eigenvalue weighted by molar-refractivity contribution is 5.74. The van der Waals surface area contributed by atoms with Gasteiger partial charge in [-0.2, -0.15) is 0 Å². The Balaban J connectivity index is 2.02. The number of aromatic nitrogens is 3. The fourth-order valence-electron chi connectivity index (χ4n) is 3.09. The number of aromatic amines is 1. The fraction of sp³-hybridized carbons (Fsp3) is 0.471. The number of pyridine rings is 1. The molecule has 2 aromatic rings. The molecule has 0 unspecified atom stereocenters. The SMILES string of the molecule is CC(=O)OC[C@H]1O[C@@H](n2cnc3c(=O)[nH]ccc32)[C@H](OC(C)=O)[C@@H]1OC(C)=O. The summed E-state index contributed by atoms with van der Waals surface area (Å²) >= 11 is 0. The van der Waals surface area contributed by atoms with E-state index in [1.807, 2.05) is 0 Å². The minimum atomic E-state index is -1.04. The molecule has 0 amide bonds. The van der Waals surface area contributed by atoms with E-state index < -0.39 is 48.0 Å². The first kappa shape index (κ1) is 19.5. The van der Waals surface area contributed by atoms with Crippen LogP contribution in [-0.4, -0.2) is 57.4 Å². The molecule has 11 nitrogen and oxygen atoms in total. The Labute approximate surface area is 158 Å². The predicted molar refractivity (Wildman–Crippen MR) is 92.0 cm³/mol. The summed E-state index contributed by atoms with van der Waals surface area (Å²) in [5.74, 6) is -1.78. The third-order valence-electron chi connectivity index (χ3n) is 4.12. The van der Waals surface area contributed by atoms with Gasteiger partial charge in [-0.05, 0) is 6.07 Å². The second-order valence-corrected chi connectivity index (χ2v) is 6.21. The van der Waals surface area contributed by atoms with Crippen LogP contribution in [0.4, 0.5) is 0 Å². The highest BCUT2D eigenvalue weighted by Crippen LogP contribution is 2.35. The summed E-state index contributed by atoms with van der Waals surface area (Å²) in [6.07, 6.45) is -1.11. The van der Waals surface area contributed by atoms with Crippen LogP contribution in [0.3, 0.4) is 0 Å². The normalized spacial score (nSPS) is 24.1. The van der Waals surface area contributed by atoms with Gasteiger partial charge in [-0.3, -0.25) is 23.7 Å². The van der Waals surface area contributed by atoms with Crippen molar-refractivity contribution in [3.05, 3.63) is 28.9 Å². The molecule has 0 spiro atoms. The Hall–Kier alpha value is -3.21. The Bertz CT molecular complexity index is 965. The molecule has 1 fully saturated rings. The fourth-order valence-corrected chi connectivity index (χ4v) is 3.09. The van der Waals surface area contributed by atoms with Crippen molar-refractivity contribution < 1.29 is 33.3 Å². The van der Waals surface area contributed by atoms with E-state index in [2.05, 4.69) is 9.97 Å². The van der Waals surface area contributed by atoms with Crippen molar-refractivity contribution in [2.24, 2.45) is 0 Å². The highest BCUT2D eigenvalue weighted by Gasteiger charge is 2.50. The molecule has 1 aliphatic rings. The van der Waals surface area contributed by atoms with Crippen LogP contribution in [0.2, 0.25) is 0 Å². The summed E-state index contributed by atoms with van der Waals surface area (Å²) in [7, 11) is 0. The molecule has 1 saturated heterocycles. The number of esters is 3. The number of carbonyl (C=O) groups excluding carboxylic acids is 3. The maximum absolute atomic E-state index is 11.9. The zero-order chi connectivity index (χ0) is 20.4. The minimum Gasteiger partial charge on any atom is -0.463 e. The number of nitrogens with one attached hydrogen (secondary N) is 1. The molecule has 4 atom stereocenters. The third-order valence-corrected chi connectivity index (χ3v) is 4.12. The third kappa shape index (κ3) is 3.88. The number of H-pyrrole nitrogens is 1. The largest absolute Gasteiger partial charge is 0.463 e. The topological polar surface area (TPSA) is 139 Å². The molecule has 0 radical (unpaired) electrons. The summed E-state index contributed by atoms with van der Waals surface area (Å²) in [6, 6.07) is 1.61. The Morgan fingerprint density at radius 2 is 1.82 bits per heavy atom. The van der Waals surface area contributed by atoms with Gasteiger partial charge in [0.1, 0.15) is 12.7 Å². The number of hydrogen-bond acceptors (Lipinski definition) is 9. The highest BCUT2D eigenvalue weighted by atomic mass is 16.7. The predicted octanol–water partition coefficient (Wildman–Crippen LogP) is 0.0485. The molecule has 150 valence electrons. The number of fused-ring (bicyclic) bond motifs is 1. The Morgan fingerprint density at radius 3 is 2.46 bits per heavy atom. The van der Waals surface area contributed by atoms with Gasteiger partial charge in [0.2, 0.25) is 0 Å². The molecule has 0 saturated carbocycles. The van der Waals surface area contributed by atoms with Gasteiger partial charge in [-0.15, -0.1) is 0 Å². The standard InChI is InChI=1S/C17H19N3O8/c1-8(21)25-6-12-14(26-9(2)22)15(27-10(3)23)17(28-12)20-7-19-13-11(20)4-5-18-16(13)24/h4-5,7,12,14-15,17H,6H2,1-3H3,(H,18,24)/t12-,14-,15-,17-/m1/s1. The number of imidazole rings is 1. The summed E-state index contributed by atoms with van der Waals surface area (Å²) in [5.41, 5.74) is 0.201. The maximum atomic E-state index is 11.9. The molecule has 3 heterocycles. The van der Waals surface area contributed by atoms with Crippen molar-refractivity contribution in [2.75, 3.05) is 6.61 Å². The number of hydrogen-bond donors (Lipinski definition) is 1. The zero-order valence-electron chi connectivity index (χ0n) is 15.4. The van der Waals surface area contributed by atoms with Crippen molar-refractivity contribution in [1.29, 1.82) is 0 Å². The molecular weight excluding hydrogens is 374 g/mol. The monoisotopic (exact) mass is 393 g/mol. The first-order valence-corrected chi connectivity index (χ1v) is 8.45. The van der Waals surface area contributed by atoms with E-state index in [0.29, 0.717) is 5.52 Å². The smallest absolute Gasteiger partial charge is 0.303 e. The Morgan fingerprint density at radius 1 is 1.14 bits per heavy atom. The molecule has 2 aromatic heterocycles. The lowest BCUT2D eigenvalue weighted by Crippen LogP contribution is -2.40. The van der Waals surface area contributed by atoms with Crippen LogP contribution in [0.15, 0.2) is 23.4 Å². The maximum Gasteiger partial charge on any atom is 0.303 e. The molecule has 0 bridgehead atoms. The van der Waals surface area contributed by atoms with Crippen LogP contribution in [0.25, 0.3) is 11.0 Å². The lowest BCUT2D eigenvalue weighted by atomic mass is 10.1. The average Bonchev–Trinajstić information content (AvgIpc) is 3.16. The molecule has 3 rings (SSSR count). The van der Waals surface area contributed by atoms with Crippen molar-refractivity contribution in [3.8, 4) is 0 Å². The first-order valence-electron chi connectivity index (χ1n) is 8.45. The van der Waals surface area contributed by atoms with E-state index in [4.69, 9.17) is 18.9 Å². The summed E-state index contributed by atoms with van der Waals surface area (Å²) in [5, 5.41) is 0. The van der Waals surface area contributed by atoms with Gasteiger partial charge in [0, 0.05) is 27.0 Å². The lowest BCUT2D eigenvalue weighted by molar-refractivity contribution is -0.166. The van der Waals surface area contributed by atoms with E-state index in [0.717, 1.165) is 0 Å².